The number of hydrogen-bond donors (Lipinski definition) is 0. The summed E-state index contributed by atoms with van der Waals surface area (Å²) in [6, 6.07) is 0. The van der Waals surface area contributed by atoms with E-state index >= 15 is 0 Å². The van der Waals surface area contributed by atoms with Crippen molar-refractivity contribution in [2.75, 3.05) is 13.4 Å². The van der Waals surface area contributed by atoms with Crippen molar-refractivity contribution in [1.29, 1.82) is 0 Å². The highest BCUT2D eigenvalue weighted by Gasteiger charge is 2.15. The summed E-state index contributed by atoms with van der Waals surface area (Å²) in [7, 11) is 0. The second kappa shape index (κ2) is 4.90. The van der Waals surface area contributed by atoms with E-state index in [0.717, 1.165) is 25.5 Å². The van der Waals surface area contributed by atoms with Crippen LogP contribution in [0.1, 0.15) is 12.8 Å². The highest BCUT2D eigenvalue weighted by molar-refractivity contribution is 5.81. The lowest BCUT2D eigenvalue weighted by Gasteiger charge is -2.09. The zero-order valence-corrected chi connectivity index (χ0v) is 6.82. The normalized spacial score (nSPS) is 22.2. The number of carbonyl (C=O) groups is 1. The standard InChI is InChI=1S/C8H12O4/c1-2-7(9)11-6-12-8-4-3-5-10-8/h2,8H,1,3-6H2. The van der Waals surface area contributed by atoms with Crippen LogP contribution in [0.15, 0.2) is 12.7 Å². The minimum Gasteiger partial charge on any atom is -0.435 e. The summed E-state index contributed by atoms with van der Waals surface area (Å²) in [6.07, 6.45) is 2.76. The third-order valence-corrected chi connectivity index (χ3v) is 1.51. The molecule has 1 rings (SSSR count). The lowest BCUT2D eigenvalue weighted by Crippen LogP contribution is -2.14. The summed E-state index contributed by atoms with van der Waals surface area (Å²) in [6.45, 7) is 3.91. The Labute approximate surface area is 71.1 Å². The number of carbonyl (C=O) groups excluding carboxylic acids is 1. The van der Waals surface area contributed by atoms with Crippen molar-refractivity contribution in [3.05, 3.63) is 12.7 Å². The van der Waals surface area contributed by atoms with Gasteiger partial charge in [0.1, 0.15) is 0 Å². The minimum absolute atomic E-state index is 0.0600. The van der Waals surface area contributed by atoms with Crippen LogP contribution < -0.4 is 0 Å². The largest absolute Gasteiger partial charge is 0.435 e. The smallest absolute Gasteiger partial charge is 0.332 e. The van der Waals surface area contributed by atoms with Crippen LogP contribution in [0.3, 0.4) is 0 Å². The Morgan fingerprint density at radius 1 is 1.75 bits per heavy atom. The fourth-order valence-corrected chi connectivity index (χ4v) is 0.906. The molecular weight excluding hydrogens is 160 g/mol. The molecule has 0 aromatic heterocycles. The van der Waals surface area contributed by atoms with E-state index in [1.165, 1.54) is 0 Å². The molecule has 1 aliphatic heterocycles. The molecule has 68 valence electrons. The first-order valence-corrected chi connectivity index (χ1v) is 3.85. The van der Waals surface area contributed by atoms with E-state index in [1.807, 2.05) is 0 Å². The first-order valence-electron chi connectivity index (χ1n) is 3.85. The van der Waals surface area contributed by atoms with Crippen molar-refractivity contribution >= 4 is 5.97 Å². The maximum atomic E-state index is 10.5. The van der Waals surface area contributed by atoms with E-state index < -0.39 is 5.97 Å². The average molecular weight is 172 g/mol. The van der Waals surface area contributed by atoms with Gasteiger partial charge in [0.2, 0.25) is 0 Å². The first kappa shape index (κ1) is 9.22. The van der Waals surface area contributed by atoms with Crippen LogP contribution in [-0.4, -0.2) is 25.7 Å². The molecule has 0 amide bonds. The number of ether oxygens (including phenoxy) is 3. The van der Waals surface area contributed by atoms with Gasteiger partial charge in [0.25, 0.3) is 0 Å². The average Bonchev–Trinajstić information content (AvgIpc) is 2.57. The molecule has 0 spiro atoms. The Hall–Kier alpha value is -0.870. The van der Waals surface area contributed by atoms with Gasteiger partial charge in [0.15, 0.2) is 13.1 Å². The van der Waals surface area contributed by atoms with Crippen LogP contribution in [0.25, 0.3) is 0 Å². The summed E-state index contributed by atoms with van der Waals surface area (Å²) in [5.41, 5.74) is 0. The van der Waals surface area contributed by atoms with Crippen LogP contribution in [-0.2, 0) is 19.0 Å². The quantitative estimate of drug-likeness (QED) is 0.358. The lowest BCUT2D eigenvalue weighted by molar-refractivity contribution is -0.182. The van der Waals surface area contributed by atoms with Crippen LogP contribution in [0.2, 0.25) is 0 Å². The van der Waals surface area contributed by atoms with Crippen LogP contribution in [0.4, 0.5) is 0 Å². The van der Waals surface area contributed by atoms with Crippen molar-refractivity contribution in [3.63, 3.8) is 0 Å². The van der Waals surface area contributed by atoms with Gasteiger partial charge in [-0.1, -0.05) is 6.58 Å². The molecule has 1 fully saturated rings. The number of rotatable bonds is 4. The molecule has 1 heterocycles. The molecule has 0 bridgehead atoms. The van der Waals surface area contributed by atoms with Gasteiger partial charge in [0, 0.05) is 19.1 Å². The lowest BCUT2D eigenvalue weighted by atomic mass is 10.4. The van der Waals surface area contributed by atoms with Crippen molar-refractivity contribution < 1.29 is 19.0 Å². The first-order chi connectivity index (χ1) is 5.83. The molecule has 1 aliphatic rings. The molecule has 0 aromatic rings. The molecule has 0 aliphatic carbocycles. The maximum Gasteiger partial charge on any atom is 0.332 e. The van der Waals surface area contributed by atoms with Crippen LogP contribution in [0.5, 0.6) is 0 Å². The number of esters is 1. The minimum atomic E-state index is -0.479. The van der Waals surface area contributed by atoms with Crippen molar-refractivity contribution in [3.8, 4) is 0 Å². The van der Waals surface area contributed by atoms with E-state index in [-0.39, 0.29) is 13.1 Å². The highest BCUT2D eigenvalue weighted by atomic mass is 16.8. The number of hydrogen-bond acceptors (Lipinski definition) is 4. The summed E-state index contributed by atoms with van der Waals surface area (Å²) in [4.78, 5) is 10.5. The molecule has 4 nitrogen and oxygen atoms in total. The Kier molecular flexibility index (Phi) is 3.76. The maximum absolute atomic E-state index is 10.5. The Morgan fingerprint density at radius 3 is 3.17 bits per heavy atom. The Bertz CT molecular complexity index is 160. The van der Waals surface area contributed by atoms with E-state index in [4.69, 9.17) is 9.47 Å². The van der Waals surface area contributed by atoms with Gasteiger partial charge >= 0.3 is 5.97 Å². The SMILES string of the molecule is C=CC(=O)OCOC1CCCO1. The van der Waals surface area contributed by atoms with Gasteiger partial charge in [-0.15, -0.1) is 0 Å². The van der Waals surface area contributed by atoms with Crippen molar-refractivity contribution in [1.82, 2.24) is 0 Å². The summed E-state index contributed by atoms with van der Waals surface area (Å²) < 4.78 is 14.8. The Balaban J connectivity index is 2.01. The van der Waals surface area contributed by atoms with E-state index in [0.29, 0.717) is 0 Å². The van der Waals surface area contributed by atoms with Gasteiger partial charge < -0.3 is 14.2 Å². The van der Waals surface area contributed by atoms with Gasteiger partial charge in [-0.25, -0.2) is 4.79 Å². The predicted molar refractivity (Wildman–Crippen MR) is 41.2 cm³/mol. The van der Waals surface area contributed by atoms with Gasteiger partial charge in [-0.3, -0.25) is 0 Å². The molecule has 0 radical (unpaired) electrons. The highest BCUT2D eigenvalue weighted by Crippen LogP contribution is 2.12. The van der Waals surface area contributed by atoms with Gasteiger partial charge in [-0.2, -0.15) is 0 Å². The monoisotopic (exact) mass is 172 g/mol. The molecule has 1 unspecified atom stereocenters. The molecule has 1 atom stereocenters. The predicted octanol–water partition coefficient (Wildman–Crippen LogP) is 0.826. The summed E-state index contributed by atoms with van der Waals surface area (Å²) in [5.74, 6) is -0.479. The molecule has 12 heavy (non-hydrogen) atoms. The summed E-state index contributed by atoms with van der Waals surface area (Å²) >= 11 is 0. The van der Waals surface area contributed by atoms with Crippen LogP contribution in [0, 0.1) is 0 Å². The zero-order valence-electron chi connectivity index (χ0n) is 6.82. The third kappa shape index (κ3) is 3.02. The van der Waals surface area contributed by atoms with E-state index in [9.17, 15) is 4.79 Å². The molecule has 0 N–H and O–H groups in total. The molecule has 0 saturated carbocycles. The molecular formula is C8H12O4. The Morgan fingerprint density at radius 2 is 2.58 bits per heavy atom. The van der Waals surface area contributed by atoms with Gasteiger partial charge in [0.05, 0.1) is 0 Å². The molecule has 0 aromatic carbocycles. The topological polar surface area (TPSA) is 44.8 Å². The van der Waals surface area contributed by atoms with Crippen LogP contribution >= 0.6 is 0 Å². The molecule has 1 saturated heterocycles. The van der Waals surface area contributed by atoms with E-state index in [1.54, 1.807) is 0 Å². The van der Waals surface area contributed by atoms with Crippen molar-refractivity contribution in [2.45, 2.75) is 19.1 Å². The fraction of sp³-hybridized carbons (Fsp3) is 0.625. The van der Waals surface area contributed by atoms with Crippen molar-refractivity contribution in [2.24, 2.45) is 0 Å². The summed E-state index contributed by atoms with van der Waals surface area (Å²) in [5, 5.41) is 0. The third-order valence-electron chi connectivity index (χ3n) is 1.51. The second-order valence-corrected chi connectivity index (χ2v) is 2.39. The van der Waals surface area contributed by atoms with Gasteiger partial charge in [-0.05, 0) is 6.42 Å². The fourth-order valence-electron chi connectivity index (χ4n) is 0.906. The second-order valence-electron chi connectivity index (χ2n) is 2.39. The molecule has 4 heteroatoms. The zero-order chi connectivity index (χ0) is 8.81. The van der Waals surface area contributed by atoms with E-state index in [2.05, 4.69) is 11.3 Å².